The standard InChI is InChI=1S/C18H17N5O2/c1-11-16-15(23-18(19-11)20-12(2)21-23)8-9-22(17(16)24)10-13-4-6-14(25-3)7-5-13/h4-9H,10H2,1-3H3. The van der Waals surface area contributed by atoms with Crippen LogP contribution in [0, 0.1) is 13.8 Å². The number of nitrogens with zero attached hydrogens (tertiary/aromatic N) is 5. The van der Waals surface area contributed by atoms with Gasteiger partial charge < -0.3 is 9.30 Å². The fraction of sp³-hybridized carbons (Fsp3) is 0.222. The summed E-state index contributed by atoms with van der Waals surface area (Å²) >= 11 is 0. The molecule has 7 nitrogen and oxygen atoms in total. The van der Waals surface area contributed by atoms with Crippen molar-refractivity contribution in [2.75, 3.05) is 7.11 Å². The first-order valence-corrected chi connectivity index (χ1v) is 7.93. The summed E-state index contributed by atoms with van der Waals surface area (Å²) < 4.78 is 8.46. The van der Waals surface area contributed by atoms with Crippen molar-refractivity contribution in [1.82, 2.24) is 24.1 Å². The van der Waals surface area contributed by atoms with E-state index in [2.05, 4.69) is 15.1 Å². The SMILES string of the molecule is COc1ccc(Cn2ccc3c(c(C)nc4nc(C)nn43)c2=O)cc1. The maximum atomic E-state index is 13.0. The minimum absolute atomic E-state index is 0.0895. The lowest BCUT2D eigenvalue weighted by atomic mass is 10.2. The zero-order valence-electron chi connectivity index (χ0n) is 14.2. The van der Waals surface area contributed by atoms with Crippen molar-refractivity contribution in [2.24, 2.45) is 0 Å². The fourth-order valence-electron chi connectivity index (χ4n) is 2.98. The van der Waals surface area contributed by atoms with E-state index >= 15 is 0 Å². The fourth-order valence-corrected chi connectivity index (χ4v) is 2.98. The van der Waals surface area contributed by atoms with Gasteiger partial charge in [-0.05, 0) is 37.6 Å². The second-order valence-electron chi connectivity index (χ2n) is 5.93. The molecule has 0 radical (unpaired) electrons. The summed E-state index contributed by atoms with van der Waals surface area (Å²) in [6.45, 7) is 4.11. The Morgan fingerprint density at radius 1 is 1.08 bits per heavy atom. The molecular weight excluding hydrogens is 318 g/mol. The average molecular weight is 335 g/mol. The normalized spacial score (nSPS) is 11.3. The Morgan fingerprint density at radius 2 is 1.84 bits per heavy atom. The minimum atomic E-state index is -0.0895. The number of aromatic nitrogens is 5. The number of fused-ring (bicyclic) bond motifs is 3. The van der Waals surface area contributed by atoms with Crippen LogP contribution in [0.25, 0.3) is 16.7 Å². The molecule has 0 spiro atoms. The van der Waals surface area contributed by atoms with Crippen LogP contribution in [0.3, 0.4) is 0 Å². The van der Waals surface area contributed by atoms with Crippen LogP contribution in [0.4, 0.5) is 0 Å². The predicted molar refractivity (Wildman–Crippen MR) is 94.1 cm³/mol. The van der Waals surface area contributed by atoms with Gasteiger partial charge in [0.1, 0.15) is 11.6 Å². The number of aryl methyl sites for hydroxylation is 2. The van der Waals surface area contributed by atoms with Crippen LogP contribution in [0.2, 0.25) is 0 Å². The third-order valence-electron chi connectivity index (χ3n) is 4.21. The van der Waals surface area contributed by atoms with Crippen LogP contribution >= 0.6 is 0 Å². The average Bonchev–Trinajstić information content (AvgIpc) is 2.97. The highest BCUT2D eigenvalue weighted by Gasteiger charge is 2.13. The number of pyridine rings is 1. The third kappa shape index (κ3) is 2.53. The quantitative estimate of drug-likeness (QED) is 0.573. The van der Waals surface area contributed by atoms with Crippen LogP contribution < -0.4 is 10.3 Å². The molecule has 0 fully saturated rings. The monoisotopic (exact) mass is 335 g/mol. The third-order valence-corrected chi connectivity index (χ3v) is 4.21. The van der Waals surface area contributed by atoms with E-state index in [1.807, 2.05) is 37.3 Å². The van der Waals surface area contributed by atoms with E-state index in [-0.39, 0.29) is 5.56 Å². The number of hydrogen-bond acceptors (Lipinski definition) is 5. The van der Waals surface area contributed by atoms with Crippen molar-refractivity contribution in [3.05, 3.63) is 64.0 Å². The van der Waals surface area contributed by atoms with Gasteiger partial charge >= 0.3 is 0 Å². The summed E-state index contributed by atoms with van der Waals surface area (Å²) in [7, 11) is 1.63. The van der Waals surface area contributed by atoms with Gasteiger partial charge in [0.05, 0.1) is 30.3 Å². The van der Waals surface area contributed by atoms with E-state index < -0.39 is 0 Å². The van der Waals surface area contributed by atoms with E-state index in [0.717, 1.165) is 16.8 Å². The number of hydrogen-bond donors (Lipinski definition) is 0. The van der Waals surface area contributed by atoms with E-state index in [1.165, 1.54) is 0 Å². The molecule has 0 saturated carbocycles. The van der Waals surface area contributed by atoms with Gasteiger partial charge in [-0.1, -0.05) is 12.1 Å². The van der Waals surface area contributed by atoms with Gasteiger partial charge in [-0.25, -0.2) is 4.98 Å². The first-order valence-electron chi connectivity index (χ1n) is 7.93. The van der Waals surface area contributed by atoms with Crippen molar-refractivity contribution in [1.29, 1.82) is 0 Å². The Hall–Kier alpha value is -3.22. The maximum Gasteiger partial charge on any atom is 0.262 e. The Balaban J connectivity index is 1.85. The van der Waals surface area contributed by atoms with Gasteiger partial charge in [-0.3, -0.25) is 4.79 Å². The first kappa shape index (κ1) is 15.3. The minimum Gasteiger partial charge on any atom is -0.497 e. The molecule has 4 aromatic rings. The Morgan fingerprint density at radius 3 is 2.56 bits per heavy atom. The van der Waals surface area contributed by atoms with Gasteiger partial charge in [0.25, 0.3) is 11.3 Å². The van der Waals surface area contributed by atoms with Crippen molar-refractivity contribution in [2.45, 2.75) is 20.4 Å². The summed E-state index contributed by atoms with van der Waals surface area (Å²) in [5.74, 6) is 1.93. The Labute approximate surface area is 143 Å². The van der Waals surface area contributed by atoms with E-state index in [9.17, 15) is 4.79 Å². The highest BCUT2D eigenvalue weighted by Crippen LogP contribution is 2.16. The molecule has 3 aromatic heterocycles. The van der Waals surface area contributed by atoms with Crippen molar-refractivity contribution < 1.29 is 4.74 Å². The number of ether oxygens (including phenoxy) is 1. The lowest BCUT2D eigenvalue weighted by Gasteiger charge is -2.10. The van der Waals surface area contributed by atoms with E-state index in [1.54, 1.807) is 29.3 Å². The summed E-state index contributed by atoms with van der Waals surface area (Å²) in [6, 6.07) is 9.55. The molecule has 0 atom stereocenters. The molecule has 126 valence electrons. The molecule has 3 heterocycles. The molecule has 7 heteroatoms. The number of rotatable bonds is 3. The summed E-state index contributed by atoms with van der Waals surface area (Å²) in [5.41, 5.74) is 2.31. The topological polar surface area (TPSA) is 74.3 Å². The predicted octanol–water partition coefficient (Wildman–Crippen LogP) is 2.11. The molecule has 0 amide bonds. The first-order chi connectivity index (χ1) is 12.1. The second kappa shape index (κ2) is 5.70. The molecule has 0 bridgehead atoms. The molecule has 0 N–H and O–H groups in total. The van der Waals surface area contributed by atoms with Crippen molar-refractivity contribution in [3.8, 4) is 5.75 Å². The summed E-state index contributed by atoms with van der Waals surface area (Å²) in [5, 5.41) is 4.90. The van der Waals surface area contributed by atoms with Gasteiger partial charge in [0, 0.05) is 6.20 Å². The van der Waals surface area contributed by atoms with Crippen molar-refractivity contribution >= 4 is 16.7 Å². The van der Waals surface area contributed by atoms with Crippen LogP contribution in [-0.4, -0.2) is 31.3 Å². The van der Waals surface area contributed by atoms with E-state index in [4.69, 9.17) is 4.74 Å². The van der Waals surface area contributed by atoms with Crippen LogP contribution in [-0.2, 0) is 6.54 Å². The Bertz CT molecular complexity index is 1140. The zero-order valence-corrected chi connectivity index (χ0v) is 14.2. The van der Waals surface area contributed by atoms with Gasteiger partial charge in [-0.15, -0.1) is 5.10 Å². The largest absolute Gasteiger partial charge is 0.497 e. The second-order valence-corrected chi connectivity index (χ2v) is 5.93. The summed E-state index contributed by atoms with van der Waals surface area (Å²) in [4.78, 5) is 21.7. The molecular formula is C18H17N5O2. The van der Waals surface area contributed by atoms with Crippen LogP contribution in [0.15, 0.2) is 41.3 Å². The van der Waals surface area contributed by atoms with Gasteiger partial charge in [0.15, 0.2) is 0 Å². The molecule has 0 aliphatic carbocycles. The molecule has 4 rings (SSSR count). The summed E-state index contributed by atoms with van der Waals surface area (Å²) in [6.07, 6.45) is 1.78. The van der Waals surface area contributed by atoms with Crippen LogP contribution in [0.5, 0.6) is 5.75 Å². The Kier molecular flexibility index (Phi) is 3.49. The van der Waals surface area contributed by atoms with Crippen molar-refractivity contribution in [3.63, 3.8) is 0 Å². The zero-order chi connectivity index (χ0) is 17.6. The molecule has 1 aromatic carbocycles. The molecule has 0 saturated heterocycles. The van der Waals surface area contributed by atoms with Gasteiger partial charge in [0.2, 0.25) is 0 Å². The number of benzene rings is 1. The highest BCUT2D eigenvalue weighted by molar-refractivity contribution is 5.81. The van der Waals surface area contributed by atoms with Crippen LogP contribution in [0.1, 0.15) is 17.1 Å². The molecule has 25 heavy (non-hydrogen) atoms. The molecule has 0 unspecified atom stereocenters. The molecule has 0 aliphatic rings. The highest BCUT2D eigenvalue weighted by atomic mass is 16.5. The lowest BCUT2D eigenvalue weighted by molar-refractivity contribution is 0.414. The van der Waals surface area contributed by atoms with E-state index in [0.29, 0.717) is 29.2 Å². The number of methoxy groups -OCH3 is 1. The lowest BCUT2D eigenvalue weighted by Crippen LogP contribution is -2.22. The van der Waals surface area contributed by atoms with Gasteiger partial charge in [-0.2, -0.15) is 9.50 Å². The smallest absolute Gasteiger partial charge is 0.262 e. The molecule has 0 aliphatic heterocycles. The maximum absolute atomic E-state index is 13.0.